The number of aliphatic hydroxyl groups is 1. The first-order chi connectivity index (χ1) is 8.69. The molecular weight excluding hydrogens is 220 g/mol. The Kier molecular flexibility index (Phi) is 2.71. The summed E-state index contributed by atoms with van der Waals surface area (Å²) in [5.74, 6) is 0.837. The molecule has 0 bridgehead atoms. The van der Waals surface area contributed by atoms with Crippen LogP contribution in [0.15, 0.2) is 60.7 Å². The number of rotatable bonds is 3. The second kappa shape index (κ2) is 4.25. The highest BCUT2D eigenvalue weighted by molar-refractivity contribution is 5.32. The van der Waals surface area contributed by atoms with Crippen molar-refractivity contribution < 1.29 is 5.11 Å². The van der Waals surface area contributed by atoms with E-state index in [1.54, 1.807) is 0 Å². The van der Waals surface area contributed by atoms with Crippen LogP contribution in [-0.2, 0) is 5.60 Å². The summed E-state index contributed by atoms with van der Waals surface area (Å²) in [6, 6.07) is 20.5. The van der Waals surface area contributed by atoms with Crippen LogP contribution in [0.4, 0.5) is 0 Å². The van der Waals surface area contributed by atoms with Crippen LogP contribution in [0.3, 0.4) is 0 Å². The van der Waals surface area contributed by atoms with Gasteiger partial charge >= 0.3 is 0 Å². The van der Waals surface area contributed by atoms with Crippen LogP contribution in [0.2, 0.25) is 0 Å². The largest absolute Gasteiger partial charge is 0.385 e. The van der Waals surface area contributed by atoms with Gasteiger partial charge in [0.15, 0.2) is 0 Å². The van der Waals surface area contributed by atoms with Crippen molar-refractivity contribution >= 4 is 0 Å². The summed E-state index contributed by atoms with van der Waals surface area (Å²) in [6.07, 6.45) is 1.08. The predicted molar refractivity (Wildman–Crippen MR) is 73.3 cm³/mol. The summed E-state index contributed by atoms with van der Waals surface area (Å²) >= 11 is 0. The molecule has 18 heavy (non-hydrogen) atoms. The SMILES string of the molecule is C[C@](O)(c1ccccc1)[C@H]1C[C@@H]1c1ccccc1. The molecule has 1 N–H and O–H groups in total. The van der Waals surface area contributed by atoms with Crippen LogP contribution in [0.25, 0.3) is 0 Å². The second-order valence-electron chi connectivity index (χ2n) is 5.37. The molecule has 0 aromatic heterocycles. The Balaban J connectivity index is 1.82. The van der Waals surface area contributed by atoms with Crippen molar-refractivity contribution in [3.8, 4) is 0 Å². The van der Waals surface area contributed by atoms with Crippen LogP contribution in [-0.4, -0.2) is 5.11 Å². The van der Waals surface area contributed by atoms with Crippen LogP contribution in [0, 0.1) is 5.92 Å². The smallest absolute Gasteiger partial charge is 0.0902 e. The molecule has 2 aromatic carbocycles. The molecule has 0 aliphatic heterocycles. The lowest BCUT2D eigenvalue weighted by atomic mass is 9.89. The fourth-order valence-corrected chi connectivity index (χ4v) is 2.87. The van der Waals surface area contributed by atoms with E-state index in [1.807, 2.05) is 43.3 Å². The number of hydrogen-bond acceptors (Lipinski definition) is 1. The van der Waals surface area contributed by atoms with Crippen molar-refractivity contribution in [2.45, 2.75) is 24.9 Å². The summed E-state index contributed by atoms with van der Waals surface area (Å²) < 4.78 is 0. The van der Waals surface area contributed by atoms with E-state index in [0.29, 0.717) is 11.8 Å². The zero-order valence-corrected chi connectivity index (χ0v) is 10.6. The summed E-state index contributed by atoms with van der Waals surface area (Å²) in [6.45, 7) is 1.94. The zero-order chi connectivity index (χ0) is 12.6. The standard InChI is InChI=1S/C17H18O/c1-17(18,14-10-6-3-7-11-14)16-12-15(16)13-8-4-2-5-9-13/h2-11,15-16,18H,12H2,1H3/t15-,16+,17+/m1/s1. The van der Waals surface area contributed by atoms with Gasteiger partial charge in [0.2, 0.25) is 0 Å². The number of hydrogen-bond donors (Lipinski definition) is 1. The molecule has 1 fully saturated rings. The summed E-state index contributed by atoms with van der Waals surface area (Å²) in [4.78, 5) is 0. The highest BCUT2D eigenvalue weighted by atomic mass is 16.3. The molecule has 1 aliphatic rings. The zero-order valence-electron chi connectivity index (χ0n) is 10.6. The van der Waals surface area contributed by atoms with E-state index in [4.69, 9.17) is 0 Å². The molecule has 1 heteroatoms. The van der Waals surface area contributed by atoms with Gasteiger partial charge in [-0.1, -0.05) is 60.7 Å². The van der Waals surface area contributed by atoms with Gasteiger partial charge in [-0.15, -0.1) is 0 Å². The Morgan fingerprint density at radius 2 is 1.50 bits per heavy atom. The molecule has 0 spiro atoms. The fraction of sp³-hybridized carbons (Fsp3) is 0.294. The van der Waals surface area contributed by atoms with Gasteiger partial charge in [0, 0.05) is 0 Å². The fourth-order valence-electron chi connectivity index (χ4n) is 2.87. The van der Waals surface area contributed by atoms with E-state index in [0.717, 1.165) is 12.0 Å². The second-order valence-corrected chi connectivity index (χ2v) is 5.37. The maximum Gasteiger partial charge on any atom is 0.0902 e. The van der Waals surface area contributed by atoms with Gasteiger partial charge in [-0.05, 0) is 36.3 Å². The molecule has 0 saturated heterocycles. The van der Waals surface area contributed by atoms with Crippen molar-refractivity contribution in [1.82, 2.24) is 0 Å². The third-order valence-electron chi connectivity index (χ3n) is 4.10. The Morgan fingerprint density at radius 1 is 0.944 bits per heavy atom. The van der Waals surface area contributed by atoms with Gasteiger partial charge < -0.3 is 5.11 Å². The van der Waals surface area contributed by atoms with Crippen molar-refractivity contribution in [2.24, 2.45) is 5.92 Å². The number of benzene rings is 2. The van der Waals surface area contributed by atoms with Gasteiger partial charge in [-0.25, -0.2) is 0 Å². The molecule has 1 nitrogen and oxygen atoms in total. The molecule has 1 saturated carbocycles. The average molecular weight is 238 g/mol. The van der Waals surface area contributed by atoms with Crippen molar-refractivity contribution in [2.75, 3.05) is 0 Å². The van der Waals surface area contributed by atoms with E-state index >= 15 is 0 Å². The lowest BCUT2D eigenvalue weighted by Gasteiger charge is -2.24. The normalized spacial score (nSPS) is 25.4. The van der Waals surface area contributed by atoms with Crippen molar-refractivity contribution in [3.05, 3.63) is 71.8 Å². The van der Waals surface area contributed by atoms with E-state index in [2.05, 4.69) is 24.3 Å². The van der Waals surface area contributed by atoms with Gasteiger partial charge in [0.25, 0.3) is 0 Å². The molecule has 0 unspecified atom stereocenters. The molecule has 0 radical (unpaired) electrons. The maximum atomic E-state index is 10.8. The van der Waals surface area contributed by atoms with Crippen molar-refractivity contribution in [1.29, 1.82) is 0 Å². The predicted octanol–water partition coefficient (Wildman–Crippen LogP) is 3.70. The molecule has 3 atom stereocenters. The Morgan fingerprint density at radius 3 is 2.11 bits per heavy atom. The quantitative estimate of drug-likeness (QED) is 0.864. The third kappa shape index (κ3) is 1.95. The average Bonchev–Trinajstić information content (AvgIpc) is 3.22. The first kappa shape index (κ1) is 11.5. The van der Waals surface area contributed by atoms with Gasteiger partial charge in [0.1, 0.15) is 0 Å². The lowest BCUT2D eigenvalue weighted by molar-refractivity contribution is 0.0309. The highest BCUT2D eigenvalue weighted by Gasteiger charge is 2.50. The summed E-state index contributed by atoms with van der Waals surface area (Å²) in [7, 11) is 0. The third-order valence-corrected chi connectivity index (χ3v) is 4.10. The molecule has 0 amide bonds. The summed E-state index contributed by atoms with van der Waals surface area (Å²) in [5, 5.41) is 10.8. The maximum absolute atomic E-state index is 10.8. The van der Waals surface area contributed by atoms with Gasteiger partial charge in [-0.3, -0.25) is 0 Å². The minimum Gasteiger partial charge on any atom is -0.385 e. The van der Waals surface area contributed by atoms with E-state index in [-0.39, 0.29) is 0 Å². The van der Waals surface area contributed by atoms with E-state index < -0.39 is 5.60 Å². The first-order valence-corrected chi connectivity index (χ1v) is 6.52. The Labute approximate surface area is 108 Å². The molecular formula is C17H18O. The van der Waals surface area contributed by atoms with Crippen LogP contribution in [0.5, 0.6) is 0 Å². The molecule has 1 aliphatic carbocycles. The lowest BCUT2D eigenvalue weighted by Crippen LogP contribution is -2.24. The van der Waals surface area contributed by atoms with Crippen LogP contribution >= 0.6 is 0 Å². The Hall–Kier alpha value is -1.60. The first-order valence-electron chi connectivity index (χ1n) is 6.52. The highest BCUT2D eigenvalue weighted by Crippen LogP contribution is 2.56. The van der Waals surface area contributed by atoms with E-state index in [1.165, 1.54) is 5.56 Å². The summed E-state index contributed by atoms with van der Waals surface area (Å²) in [5.41, 5.74) is 1.65. The molecule has 3 rings (SSSR count). The topological polar surface area (TPSA) is 20.2 Å². The Bertz CT molecular complexity index is 516. The van der Waals surface area contributed by atoms with Crippen LogP contribution in [0.1, 0.15) is 30.4 Å². The minimum absolute atomic E-state index is 0.335. The van der Waals surface area contributed by atoms with Gasteiger partial charge in [-0.2, -0.15) is 0 Å². The van der Waals surface area contributed by atoms with Crippen LogP contribution < -0.4 is 0 Å². The van der Waals surface area contributed by atoms with E-state index in [9.17, 15) is 5.11 Å². The van der Waals surface area contributed by atoms with Gasteiger partial charge in [0.05, 0.1) is 5.60 Å². The van der Waals surface area contributed by atoms with Crippen molar-refractivity contribution in [3.63, 3.8) is 0 Å². The molecule has 2 aromatic rings. The molecule has 0 heterocycles. The minimum atomic E-state index is -0.720. The molecule has 92 valence electrons. The monoisotopic (exact) mass is 238 g/mol.